The highest BCUT2D eigenvalue weighted by Crippen LogP contribution is 2.27. The van der Waals surface area contributed by atoms with Crippen LogP contribution in [-0.4, -0.2) is 46.9 Å². The van der Waals surface area contributed by atoms with Crippen molar-refractivity contribution in [2.45, 2.75) is 9.79 Å². The second kappa shape index (κ2) is 12.5. The molecule has 41 heavy (non-hydrogen) atoms. The van der Waals surface area contributed by atoms with Crippen molar-refractivity contribution in [1.82, 2.24) is 4.72 Å². The molecule has 0 saturated heterocycles. The van der Waals surface area contributed by atoms with E-state index in [1.807, 2.05) is 0 Å². The third-order valence-corrected chi connectivity index (χ3v) is 9.46. The number of amides is 1. The number of carboxylic acid groups (broad SMARTS) is 1. The first kappa shape index (κ1) is 29.7. The Hall–Kier alpha value is -4.23. The van der Waals surface area contributed by atoms with Crippen molar-refractivity contribution >= 4 is 54.9 Å². The van der Waals surface area contributed by atoms with Crippen molar-refractivity contribution in [3.05, 3.63) is 119 Å². The van der Waals surface area contributed by atoms with Crippen molar-refractivity contribution in [2.75, 3.05) is 22.7 Å². The van der Waals surface area contributed by atoms with Crippen LogP contribution in [0.1, 0.15) is 20.7 Å². The van der Waals surface area contributed by atoms with Gasteiger partial charge in [0.05, 0.1) is 21.7 Å². The van der Waals surface area contributed by atoms with Crippen LogP contribution in [0.2, 0.25) is 5.02 Å². The molecule has 0 fully saturated rings. The van der Waals surface area contributed by atoms with Gasteiger partial charge in [-0.25, -0.2) is 26.4 Å². The average Bonchev–Trinajstić information content (AvgIpc) is 2.96. The fraction of sp³-hybridized carbons (Fsp3) is 0.0714. The summed E-state index contributed by atoms with van der Waals surface area (Å²) in [5, 5.41) is 12.1. The fourth-order valence-electron chi connectivity index (χ4n) is 3.89. The zero-order valence-corrected chi connectivity index (χ0v) is 23.7. The van der Waals surface area contributed by atoms with Crippen LogP contribution >= 0.6 is 11.6 Å². The zero-order valence-electron chi connectivity index (χ0n) is 21.3. The highest BCUT2D eigenvalue weighted by Gasteiger charge is 2.30. The number of nitrogens with one attached hydrogen (secondary N) is 2. The van der Waals surface area contributed by atoms with Gasteiger partial charge in [0.15, 0.2) is 0 Å². The van der Waals surface area contributed by atoms with Crippen molar-refractivity contribution in [3.8, 4) is 0 Å². The molecule has 4 aromatic carbocycles. The van der Waals surface area contributed by atoms with Crippen molar-refractivity contribution in [1.29, 1.82) is 0 Å². The molecule has 0 aliphatic rings. The van der Waals surface area contributed by atoms with E-state index in [0.29, 0.717) is 5.02 Å². The molecule has 212 valence electrons. The Morgan fingerprint density at radius 2 is 1.46 bits per heavy atom. The number of anilines is 2. The van der Waals surface area contributed by atoms with E-state index in [1.165, 1.54) is 72.8 Å². The lowest BCUT2D eigenvalue weighted by Gasteiger charge is -2.25. The number of sulfonamides is 2. The fourth-order valence-corrected chi connectivity index (χ4v) is 6.69. The van der Waals surface area contributed by atoms with E-state index in [9.17, 15) is 31.5 Å². The Bertz CT molecular complexity index is 1780. The smallest absolute Gasteiger partial charge is 0.335 e. The van der Waals surface area contributed by atoms with Crippen LogP contribution in [0.4, 0.5) is 11.4 Å². The largest absolute Gasteiger partial charge is 0.478 e. The molecule has 4 rings (SSSR count). The maximum atomic E-state index is 14.0. The Balaban J connectivity index is 1.63. The maximum Gasteiger partial charge on any atom is 0.335 e. The number of nitrogens with zero attached hydrogens (tertiary/aromatic N) is 1. The maximum absolute atomic E-state index is 14.0. The molecule has 1 amide bonds. The number of benzene rings is 4. The summed E-state index contributed by atoms with van der Waals surface area (Å²) in [7, 11) is -8.37. The van der Waals surface area contributed by atoms with Crippen molar-refractivity contribution in [3.63, 3.8) is 0 Å². The van der Waals surface area contributed by atoms with Gasteiger partial charge >= 0.3 is 5.97 Å². The molecule has 10 nitrogen and oxygen atoms in total. The van der Waals surface area contributed by atoms with E-state index in [0.717, 1.165) is 4.31 Å². The Morgan fingerprint density at radius 1 is 0.805 bits per heavy atom. The molecule has 0 saturated carbocycles. The van der Waals surface area contributed by atoms with E-state index in [4.69, 9.17) is 11.6 Å². The second-order valence-corrected chi connectivity index (χ2v) is 12.6. The number of hydrogen-bond acceptors (Lipinski definition) is 6. The number of carbonyl (C=O) groups excluding carboxylic acids is 1. The van der Waals surface area contributed by atoms with Gasteiger partial charge in [-0.15, -0.1) is 0 Å². The molecule has 4 aromatic rings. The number of hydrogen-bond donors (Lipinski definition) is 3. The van der Waals surface area contributed by atoms with Gasteiger partial charge in [-0.3, -0.25) is 9.10 Å². The summed E-state index contributed by atoms with van der Waals surface area (Å²) < 4.78 is 56.9. The zero-order chi connectivity index (χ0) is 29.6. The lowest BCUT2D eigenvalue weighted by molar-refractivity contribution is 0.0696. The average molecular weight is 614 g/mol. The van der Waals surface area contributed by atoms with Gasteiger partial charge in [-0.1, -0.05) is 48.0 Å². The van der Waals surface area contributed by atoms with E-state index in [1.54, 1.807) is 30.3 Å². The molecule has 0 radical (unpaired) electrons. The van der Waals surface area contributed by atoms with Gasteiger partial charge in [0.1, 0.15) is 4.90 Å². The van der Waals surface area contributed by atoms with Crippen molar-refractivity contribution in [2.24, 2.45) is 0 Å². The van der Waals surface area contributed by atoms with E-state index < -0.39 is 31.9 Å². The number of para-hydroxylation sites is 1. The molecule has 0 aliphatic heterocycles. The third-order valence-electron chi connectivity index (χ3n) is 5.84. The molecule has 0 aromatic heterocycles. The van der Waals surface area contributed by atoms with Crippen LogP contribution in [-0.2, 0) is 20.0 Å². The van der Waals surface area contributed by atoms with E-state index in [2.05, 4.69) is 10.0 Å². The Morgan fingerprint density at radius 3 is 2.15 bits per heavy atom. The van der Waals surface area contributed by atoms with E-state index in [-0.39, 0.29) is 45.4 Å². The molecular formula is C28H24ClN3O7S2. The summed E-state index contributed by atoms with van der Waals surface area (Å²) in [6.07, 6.45) is 0. The summed E-state index contributed by atoms with van der Waals surface area (Å²) in [6.45, 7) is -0.578. The number of halogens is 1. The van der Waals surface area contributed by atoms with Gasteiger partial charge in [-0.2, -0.15) is 0 Å². The highest BCUT2D eigenvalue weighted by atomic mass is 35.5. The highest BCUT2D eigenvalue weighted by molar-refractivity contribution is 7.93. The summed E-state index contributed by atoms with van der Waals surface area (Å²) in [5.74, 6) is -1.96. The molecule has 0 heterocycles. The minimum absolute atomic E-state index is 0.0370. The first-order valence-electron chi connectivity index (χ1n) is 12.1. The standard InChI is InChI=1S/C28H24ClN3O7S2/c29-21-13-15-24(16-14-21)40(36,37)30-17-18-32(23-9-2-1-3-10-23)41(38,39)26-12-5-4-11-25(26)27(33)31-22-8-6-7-20(19-22)28(34)35/h1-16,19,30H,17-18H2,(H,31,33)(H,34,35). The minimum atomic E-state index is -4.41. The molecule has 0 atom stereocenters. The van der Waals surface area contributed by atoms with E-state index >= 15 is 0 Å². The molecule has 0 bridgehead atoms. The van der Waals surface area contributed by atoms with Gasteiger partial charge in [0.25, 0.3) is 15.9 Å². The first-order chi connectivity index (χ1) is 19.5. The SMILES string of the molecule is O=C(O)c1cccc(NC(=O)c2ccccc2S(=O)(=O)N(CCNS(=O)(=O)c2ccc(Cl)cc2)c2ccccc2)c1. The van der Waals surface area contributed by atoms with Gasteiger partial charge in [-0.05, 0) is 66.7 Å². The summed E-state index contributed by atoms with van der Waals surface area (Å²) in [5.41, 5.74) is 0.178. The third kappa shape index (κ3) is 7.11. The van der Waals surface area contributed by atoms with Gasteiger partial charge < -0.3 is 10.4 Å². The lowest BCUT2D eigenvalue weighted by atomic mass is 10.1. The second-order valence-electron chi connectivity index (χ2n) is 8.60. The van der Waals surface area contributed by atoms with Crippen LogP contribution in [0.3, 0.4) is 0 Å². The van der Waals surface area contributed by atoms with Crippen LogP contribution in [0.5, 0.6) is 0 Å². The molecule has 0 unspecified atom stereocenters. The molecular weight excluding hydrogens is 590 g/mol. The van der Waals surface area contributed by atoms with Crippen molar-refractivity contribution < 1.29 is 31.5 Å². The molecule has 13 heteroatoms. The Labute approximate surface area is 242 Å². The molecule has 0 aliphatic carbocycles. The Kier molecular flexibility index (Phi) is 9.08. The number of carbonyl (C=O) groups is 2. The number of aromatic carboxylic acids is 1. The van der Waals surface area contributed by atoms with Crippen LogP contribution in [0, 0.1) is 0 Å². The molecule has 0 spiro atoms. The predicted octanol–water partition coefficient (Wildman–Crippen LogP) is 4.46. The predicted molar refractivity (Wildman–Crippen MR) is 155 cm³/mol. The van der Waals surface area contributed by atoms with Crippen LogP contribution in [0.15, 0.2) is 113 Å². The normalized spacial score (nSPS) is 11.5. The lowest BCUT2D eigenvalue weighted by Crippen LogP contribution is -2.39. The van der Waals surface area contributed by atoms with Gasteiger partial charge in [0.2, 0.25) is 10.0 Å². The van der Waals surface area contributed by atoms with Gasteiger partial charge in [0, 0.05) is 23.8 Å². The topological polar surface area (TPSA) is 150 Å². The monoisotopic (exact) mass is 613 g/mol. The number of rotatable bonds is 11. The quantitative estimate of drug-likeness (QED) is 0.226. The summed E-state index contributed by atoms with van der Waals surface area (Å²) >= 11 is 5.84. The van der Waals surface area contributed by atoms with Crippen LogP contribution in [0.25, 0.3) is 0 Å². The minimum Gasteiger partial charge on any atom is -0.478 e. The van der Waals surface area contributed by atoms with Crippen LogP contribution < -0.4 is 14.3 Å². The molecule has 3 N–H and O–H groups in total. The summed E-state index contributed by atoms with van der Waals surface area (Å²) in [6, 6.07) is 24.7. The first-order valence-corrected chi connectivity index (χ1v) is 15.4. The number of carboxylic acids is 1. The summed E-state index contributed by atoms with van der Waals surface area (Å²) in [4.78, 5) is 24.1.